The zero-order valence-corrected chi connectivity index (χ0v) is 13.1. The number of hydrogen-bond acceptors (Lipinski definition) is 4. The van der Waals surface area contributed by atoms with E-state index in [2.05, 4.69) is 5.32 Å². The number of ether oxygens (including phenoxy) is 1. The molecule has 3 N–H and O–H groups in total. The van der Waals surface area contributed by atoms with Gasteiger partial charge in [-0.2, -0.15) is 0 Å². The Bertz CT molecular complexity index is 411. The molecule has 0 bridgehead atoms. The third-order valence-corrected chi connectivity index (χ3v) is 3.75. The summed E-state index contributed by atoms with van der Waals surface area (Å²) in [6.07, 6.45) is 0.509. The van der Waals surface area contributed by atoms with Crippen molar-refractivity contribution in [2.75, 3.05) is 20.2 Å². The van der Waals surface area contributed by atoms with E-state index in [1.165, 1.54) is 7.11 Å². The molecule has 1 heterocycles. The molecule has 1 rings (SSSR count). The molecule has 0 aliphatic carbocycles. The van der Waals surface area contributed by atoms with Gasteiger partial charge in [-0.05, 0) is 18.3 Å². The summed E-state index contributed by atoms with van der Waals surface area (Å²) in [5.41, 5.74) is 5.13. The van der Waals surface area contributed by atoms with Crippen LogP contribution < -0.4 is 11.1 Å². The van der Waals surface area contributed by atoms with Gasteiger partial charge in [0.1, 0.15) is 6.04 Å². The fourth-order valence-electron chi connectivity index (χ4n) is 2.69. The first-order chi connectivity index (χ1) is 9.76. The maximum absolute atomic E-state index is 12.5. The molecule has 3 unspecified atom stereocenters. The van der Waals surface area contributed by atoms with Crippen LogP contribution in [0.2, 0.25) is 0 Å². The minimum Gasteiger partial charge on any atom is -0.469 e. The summed E-state index contributed by atoms with van der Waals surface area (Å²) < 4.78 is 4.76. The van der Waals surface area contributed by atoms with Gasteiger partial charge in [-0.3, -0.25) is 9.59 Å². The van der Waals surface area contributed by atoms with Gasteiger partial charge in [0.05, 0.1) is 13.0 Å². The lowest BCUT2D eigenvalue weighted by molar-refractivity contribution is -0.146. The number of nitrogens with one attached hydrogen (secondary N) is 1. The fourth-order valence-corrected chi connectivity index (χ4v) is 2.69. The van der Waals surface area contributed by atoms with Crippen LogP contribution in [0.25, 0.3) is 0 Å². The van der Waals surface area contributed by atoms with Gasteiger partial charge in [-0.1, -0.05) is 20.8 Å². The van der Waals surface area contributed by atoms with Crippen LogP contribution in [0, 0.1) is 17.8 Å². The highest BCUT2D eigenvalue weighted by Crippen LogP contribution is 2.25. The number of nitrogens with zero attached hydrogens (tertiary/aromatic N) is 1. The number of rotatable bonds is 5. The third-order valence-electron chi connectivity index (χ3n) is 3.75. The van der Waals surface area contributed by atoms with Gasteiger partial charge in [0.25, 0.3) is 0 Å². The minimum atomic E-state index is -0.717. The predicted octanol–water partition coefficient (Wildman–Crippen LogP) is 0.337. The average Bonchev–Trinajstić information content (AvgIpc) is 2.77. The summed E-state index contributed by atoms with van der Waals surface area (Å²) in [5, 5.41) is 2.49. The lowest BCUT2D eigenvalue weighted by Gasteiger charge is -2.25. The molecule has 1 aliphatic heterocycles. The summed E-state index contributed by atoms with van der Waals surface area (Å²) in [7, 11) is 1.34. The van der Waals surface area contributed by atoms with Gasteiger partial charge in [0.2, 0.25) is 5.91 Å². The zero-order valence-electron chi connectivity index (χ0n) is 13.1. The molecule has 0 radical (unpaired) electrons. The van der Waals surface area contributed by atoms with Gasteiger partial charge < -0.3 is 20.7 Å². The van der Waals surface area contributed by atoms with Crippen molar-refractivity contribution in [3.63, 3.8) is 0 Å². The predicted molar refractivity (Wildman–Crippen MR) is 77.2 cm³/mol. The Morgan fingerprint density at radius 1 is 1.33 bits per heavy atom. The number of carbonyl (C=O) groups is 3. The van der Waals surface area contributed by atoms with Crippen LogP contribution in [-0.4, -0.2) is 49.0 Å². The van der Waals surface area contributed by atoms with Gasteiger partial charge in [0, 0.05) is 13.1 Å². The first kappa shape index (κ1) is 17.3. The topological polar surface area (TPSA) is 102 Å². The summed E-state index contributed by atoms with van der Waals surface area (Å²) in [6.45, 7) is 6.64. The van der Waals surface area contributed by atoms with Gasteiger partial charge >= 0.3 is 12.0 Å². The van der Waals surface area contributed by atoms with E-state index < -0.39 is 12.1 Å². The van der Waals surface area contributed by atoms with Crippen molar-refractivity contribution in [1.82, 2.24) is 10.2 Å². The highest BCUT2D eigenvalue weighted by Gasteiger charge is 2.39. The normalized spacial score (nSPS) is 23.0. The molecule has 1 fully saturated rings. The summed E-state index contributed by atoms with van der Waals surface area (Å²) in [6, 6.07) is -1.36. The van der Waals surface area contributed by atoms with E-state index in [-0.39, 0.29) is 29.6 Å². The van der Waals surface area contributed by atoms with Crippen molar-refractivity contribution >= 4 is 17.9 Å². The van der Waals surface area contributed by atoms with Crippen LogP contribution in [-0.2, 0) is 14.3 Å². The van der Waals surface area contributed by atoms with Crippen LogP contribution in [0.15, 0.2) is 0 Å². The Balaban J connectivity index is 2.76. The Labute approximate surface area is 125 Å². The largest absolute Gasteiger partial charge is 0.469 e. The van der Waals surface area contributed by atoms with Crippen molar-refractivity contribution < 1.29 is 19.1 Å². The Kier molecular flexibility index (Phi) is 5.99. The Hall–Kier alpha value is -1.79. The number of nitrogens with two attached hydrogens (primary N) is 1. The molecule has 0 aromatic rings. The van der Waals surface area contributed by atoms with Crippen LogP contribution in [0.1, 0.15) is 27.2 Å². The second kappa shape index (κ2) is 7.28. The first-order valence-electron chi connectivity index (χ1n) is 7.18. The molecule has 1 aliphatic rings. The number of carbonyl (C=O) groups excluding carboxylic acids is 3. The molecule has 0 aromatic heterocycles. The quantitative estimate of drug-likeness (QED) is 0.714. The van der Waals surface area contributed by atoms with Crippen LogP contribution in [0.3, 0.4) is 0 Å². The standard InChI is InChI=1S/C14H25N3O4/c1-8(2)5-11(16-14(15)20)12(18)17-6-9(3)10(7-17)13(19)21-4/h8-11H,5-7H2,1-4H3,(H3,15,16,20). The number of esters is 1. The van der Waals surface area contributed by atoms with Crippen molar-refractivity contribution in [2.24, 2.45) is 23.5 Å². The molecule has 1 saturated heterocycles. The van der Waals surface area contributed by atoms with Crippen molar-refractivity contribution in [2.45, 2.75) is 33.2 Å². The number of hydrogen-bond donors (Lipinski definition) is 2. The summed E-state index contributed by atoms with van der Waals surface area (Å²) in [4.78, 5) is 36.9. The maximum atomic E-state index is 12.5. The Morgan fingerprint density at radius 3 is 2.43 bits per heavy atom. The monoisotopic (exact) mass is 299 g/mol. The average molecular weight is 299 g/mol. The van der Waals surface area contributed by atoms with Gasteiger partial charge in [0.15, 0.2) is 0 Å². The first-order valence-corrected chi connectivity index (χ1v) is 7.18. The van der Waals surface area contributed by atoms with E-state index in [1.807, 2.05) is 20.8 Å². The number of urea groups is 1. The number of methoxy groups -OCH3 is 1. The molecule has 0 spiro atoms. The van der Waals surface area contributed by atoms with E-state index in [4.69, 9.17) is 10.5 Å². The molecule has 120 valence electrons. The van der Waals surface area contributed by atoms with E-state index in [1.54, 1.807) is 4.90 Å². The SMILES string of the molecule is COC(=O)C1CN(C(=O)C(CC(C)C)NC(N)=O)CC1C. The third kappa shape index (κ3) is 4.61. The molecule has 3 atom stereocenters. The van der Waals surface area contributed by atoms with Crippen LogP contribution in [0.5, 0.6) is 0 Å². The van der Waals surface area contributed by atoms with Gasteiger partial charge in [-0.25, -0.2) is 4.79 Å². The highest BCUT2D eigenvalue weighted by molar-refractivity contribution is 5.87. The summed E-state index contributed by atoms with van der Waals surface area (Å²) >= 11 is 0. The molecule has 0 aromatic carbocycles. The van der Waals surface area contributed by atoms with Crippen LogP contribution in [0.4, 0.5) is 4.79 Å². The van der Waals surface area contributed by atoms with E-state index >= 15 is 0 Å². The molecular formula is C14H25N3O4. The molecule has 7 nitrogen and oxygen atoms in total. The Morgan fingerprint density at radius 2 is 1.95 bits per heavy atom. The number of likely N-dealkylation sites (tertiary alicyclic amines) is 1. The zero-order chi connectivity index (χ0) is 16.2. The molecule has 7 heteroatoms. The maximum Gasteiger partial charge on any atom is 0.312 e. The molecular weight excluding hydrogens is 274 g/mol. The van der Waals surface area contributed by atoms with Crippen molar-refractivity contribution in [3.05, 3.63) is 0 Å². The fraction of sp³-hybridized carbons (Fsp3) is 0.786. The van der Waals surface area contributed by atoms with Crippen molar-refractivity contribution in [1.29, 1.82) is 0 Å². The smallest absolute Gasteiger partial charge is 0.312 e. The van der Waals surface area contributed by atoms with E-state index in [0.29, 0.717) is 19.5 Å². The second-order valence-corrected chi connectivity index (χ2v) is 6.04. The van der Waals surface area contributed by atoms with Crippen LogP contribution >= 0.6 is 0 Å². The lowest BCUT2D eigenvalue weighted by Crippen LogP contribution is -2.50. The van der Waals surface area contributed by atoms with E-state index in [0.717, 1.165) is 0 Å². The van der Waals surface area contributed by atoms with Crippen molar-refractivity contribution in [3.8, 4) is 0 Å². The van der Waals surface area contributed by atoms with Gasteiger partial charge in [-0.15, -0.1) is 0 Å². The number of amides is 3. The van der Waals surface area contributed by atoms with E-state index in [9.17, 15) is 14.4 Å². The lowest BCUT2D eigenvalue weighted by atomic mass is 9.99. The molecule has 3 amide bonds. The minimum absolute atomic E-state index is 0.0367. The number of primary amides is 1. The summed E-state index contributed by atoms with van der Waals surface area (Å²) in [5.74, 6) is -0.536. The molecule has 0 saturated carbocycles. The molecule has 21 heavy (non-hydrogen) atoms. The second-order valence-electron chi connectivity index (χ2n) is 6.04. The highest BCUT2D eigenvalue weighted by atomic mass is 16.5.